The molecule has 3 N–H and O–H groups in total. The number of H-pyrrole nitrogens is 1. The third-order valence-electron chi connectivity index (χ3n) is 3.57. The van der Waals surface area contributed by atoms with E-state index in [-0.39, 0.29) is 5.54 Å². The number of hydrogen-bond acceptors (Lipinski definition) is 2. The van der Waals surface area contributed by atoms with E-state index in [1.165, 1.54) is 18.4 Å². The molecule has 84 valence electrons. The van der Waals surface area contributed by atoms with E-state index in [2.05, 4.69) is 32.2 Å². The number of nitrogens with one attached hydrogen (secondary N) is 1. The molecule has 0 atom stereocenters. The highest BCUT2D eigenvalue weighted by Gasteiger charge is 2.33. The molecule has 1 saturated carbocycles. The second kappa shape index (κ2) is 3.57. The van der Waals surface area contributed by atoms with Crippen LogP contribution in [0.2, 0.25) is 0 Å². The first-order chi connectivity index (χ1) is 7.71. The zero-order valence-corrected chi connectivity index (χ0v) is 10.5. The third-order valence-corrected chi connectivity index (χ3v) is 4.14. The molecule has 1 fully saturated rings. The van der Waals surface area contributed by atoms with Gasteiger partial charge in [-0.05, 0) is 40.4 Å². The van der Waals surface area contributed by atoms with Gasteiger partial charge in [-0.1, -0.05) is 25.0 Å². The first-order valence-corrected chi connectivity index (χ1v) is 6.42. The monoisotopic (exact) mass is 279 g/mol. The molecule has 1 heterocycles. The van der Waals surface area contributed by atoms with Gasteiger partial charge in [0.15, 0.2) is 0 Å². The number of nitrogens with two attached hydrogens (primary N) is 1. The molecular weight excluding hydrogens is 266 g/mol. The largest absolute Gasteiger partial charge is 0.321 e. The van der Waals surface area contributed by atoms with Gasteiger partial charge < -0.3 is 5.73 Å². The highest BCUT2D eigenvalue weighted by atomic mass is 79.9. The number of aromatic amines is 1. The molecule has 1 aliphatic carbocycles. The van der Waals surface area contributed by atoms with Crippen LogP contribution in [-0.2, 0) is 5.54 Å². The number of halogens is 1. The highest BCUT2D eigenvalue weighted by molar-refractivity contribution is 9.10. The molecule has 0 amide bonds. The smallest absolute Gasteiger partial charge is 0.109 e. The van der Waals surface area contributed by atoms with Crippen molar-refractivity contribution in [3.05, 3.63) is 28.4 Å². The van der Waals surface area contributed by atoms with Crippen LogP contribution in [0.1, 0.15) is 31.2 Å². The molecule has 0 unspecified atom stereocenters. The fourth-order valence-corrected chi connectivity index (χ4v) is 3.22. The highest BCUT2D eigenvalue weighted by Crippen LogP contribution is 2.40. The molecule has 0 radical (unpaired) electrons. The van der Waals surface area contributed by atoms with Crippen LogP contribution in [0.25, 0.3) is 10.9 Å². The van der Waals surface area contributed by atoms with Crippen LogP contribution in [0.5, 0.6) is 0 Å². The lowest BCUT2D eigenvalue weighted by Gasteiger charge is -2.25. The van der Waals surface area contributed by atoms with Crippen LogP contribution in [0.3, 0.4) is 0 Å². The summed E-state index contributed by atoms with van der Waals surface area (Å²) in [6.07, 6.45) is 4.60. The Morgan fingerprint density at radius 3 is 2.81 bits per heavy atom. The molecule has 1 aromatic carbocycles. The second-order valence-corrected chi connectivity index (χ2v) is 5.39. The van der Waals surface area contributed by atoms with E-state index in [0.29, 0.717) is 0 Å². The summed E-state index contributed by atoms with van der Waals surface area (Å²) in [5.74, 6) is 0. The topological polar surface area (TPSA) is 54.7 Å². The molecule has 0 saturated heterocycles. The number of rotatable bonds is 1. The molecule has 1 aromatic heterocycles. The maximum absolute atomic E-state index is 6.51. The Morgan fingerprint density at radius 2 is 2.06 bits per heavy atom. The van der Waals surface area contributed by atoms with Gasteiger partial charge in [-0.15, -0.1) is 0 Å². The second-order valence-electron chi connectivity index (χ2n) is 4.60. The first-order valence-electron chi connectivity index (χ1n) is 5.63. The van der Waals surface area contributed by atoms with E-state index in [1.54, 1.807) is 0 Å². The molecule has 0 aliphatic heterocycles. The van der Waals surface area contributed by atoms with Crippen molar-refractivity contribution in [2.75, 3.05) is 0 Å². The minimum atomic E-state index is -0.161. The van der Waals surface area contributed by atoms with Crippen LogP contribution >= 0.6 is 15.9 Å². The lowest BCUT2D eigenvalue weighted by atomic mass is 9.87. The van der Waals surface area contributed by atoms with Gasteiger partial charge in [-0.2, -0.15) is 5.10 Å². The van der Waals surface area contributed by atoms with Crippen molar-refractivity contribution in [2.24, 2.45) is 5.73 Å². The lowest BCUT2D eigenvalue weighted by Crippen LogP contribution is -2.33. The van der Waals surface area contributed by atoms with Gasteiger partial charge in [0.2, 0.25) is 0 Å². The van der Waals surface area contributed by atoms with Crippen LogP contribution in [0.15, 0.2) is 22.8 Å². The number of aromatic nitrogens is 2. The summed E-state index contributed by atoms with van der Waals surface area (Å²) in [6, 6.07) is 6.18. The van der Waals surface area contributed by atoms with Gasteiger partial charge in [-0.25, -0.2) is 0 Å². The molecule has 0 spiro atoms. The molecule has 3 rings (SSSR count). The van der Waals surface area contributed by atoms with Crippen molar-refractivity contribution in [1.29, 1.82) is 0 Å². The Morgan fingerprint density at radius 1 is 1.31 bits per heavy atom. The lowest BCUT2D eigenvalue weighted by molar-refractivity contribution is 0.466. The maximum atomic E-state index is 6.51. The van der Waals surface area contributed by atoms with E-state index in [9.17, 15) is 0 Å². The number of fused-ring (bicyclic) bond motifs is 1. The van der Waals surface area contributed by atoms with E-state index in [4.69, 9.17) is 5.73 Å². The zero-order chi connectivity index (χ0) is 11.2. The summed E-state index contributed by atoms with van der Waals surface area (Å²) in [6.45, 7) is 0. The quantitative estimate of drug-likeness (QED) is 0.843. The van der Waals surface area contributed by atoms with Crippen molar-refractivity contribution in [1.82, 2.24) is 10.2 Å². The molecular formula is C12H14BrN3. The van der Waals surface area contributed by atoms with E-state index < -0.39 is 0 Å². The third kappa shape index (κ3) is 1.40. The minimum Gasteiger partial charge on any atom is -0.321 e. The number of nitrogens with zero attached hydrogens (tertiary/aromatic N) is 1. The Kier molecular flexibility index (Phi) is 2.30. The van der Waals surface area contributed by atoms with Crippen LogP contribution in [0, 0.1) is 0 Å². The van der Waals surface area contributed by atoms with Gasteiger partial charge in [-0.3, -0.25) is 5.10 Å². The molecule has 16 heavy (non-hydrogen) atoms. The fourth-order valence-electron chi connectivity index (χ4n) is 2.72. The normalized spacial score (nSPS) is 19.4. The van der Waals surface area contributed by atoms with Crippen LogP contribution in [0.4, 0.5) is 0 Å². The van der Waals surface area contributed by atoms with Crippen molar-refractivity contribution >= 4 is 26.8 Å². The predicted octanol–water partition coefficient (Wildman–Crippen LogP) is 3.05. The summed E-state index contributed by atoms with van der Waals surface area (Å²) in [4.78, 5) is 0. The van der Waals surface area contributed by atoms with Crippen LogP contribution < -0.4 is 5.73 Å². The fraction of sp³-hybridized carbons (Fsp3) is 0.417. The average Bonchev–Trinajstić information content (AvgIpc) is 2.87. The van der Waals surface area contributed by atoms with Gasteiger partial charge in [0, 0.05) is 10.9 Å². The summed E-state index contributed by atoms with van der Waals surface area (Å²) in [5, 5.41) is 8.37. The molecule has 0 bridgehead atoms. The van der Waals surface area contributed by atoms with E-state index in [0.717, 1.165) is 28.3 Å². The number of benzene rings is 1. The predicted molar refractivity (Wildman–Crippen MR) is 68.1 cm³/mol. The molecule has 2 aromatic rings. The summed E-state index contributed by atoms with van der Waals surface area (Å²) >= 11 is 3.52. The van der Waals surface area contributed by atoms with E-state index in [1.807, 2.05) is 12.1 Å². The van der Waals surface area contributed by atoms with Crippen molar-refractivity contribution in [3.8, 4) is 0 Å². The van der Waals surface area contributed by atoms with Gasteiger partial charge >= 0.3 is 0 Å². The maximum Gasteiger partial charge on any atom is 0.109 e. The van der Waals surface area contributed by atoms with Crippen LogP contribution in [-0.4, -0.2) is 10.2 Å². The summed E-state index contributed by atoms with van der Waals surface area (Å²) in [5.41, 5.74) is 8.56. The average molecular weight is 280 g/mol. The zero-order valence-electron chi connectivity index (χ0n) is 8.96. The van der Waals surface area contributed by atoms with Gasteiger partial charge in [0.1, 0.15) is 4.60 Å². The Hall–Kier alpha value is -0.870. The van der Waals surface area contributed by atoms with Crippen molar-refractivity contribution in [3.63, 3.8) is 0 Å². The SMILES string of the molecule is NC1(c2cccc3n[nH]c(Br)c23)CCCC1. The minimum absolute atomic E-state index is 0.161. The Labute approximate surface area is 103 Å². The summed E-state index contributed by atoms with van der Waals surface area (Å²) in [7, 11) is 0. The number of hydrogen-bond donors (Lipinski definition) is 2. The van der Waals surface area contributed by atoms with Crippen molar-refractivity contribution in [2.45, 2.75) is 31.2 Å². The van der Waals surface area contributed by atoms with Crippen molar-refractivity contribution < 1.29 is 0 Å². The molecule has 1 aliphatic rings. The Bertz CT molecular complexity index is 526. The molecule has 3 nitrogen and oxygen atoms in total. The molecule has 4 heteroatoms. The Balaban J connectivity index is 2.26. The first kappa shape index (κ1) is 10.3. The van der Waals surface area contributed by atoms with Gasteiger partial charge in [0.05, 0.1) is 5.52 Å². The summed E-state index contributed by atoms with van der Waals surface area (Å²) < 4.78 is 0.940. The van der Waals surface area contributed by atoms with E-state index >= 15 is 0 Å². The van der Waals surface area contributed by atoms with Gasteiger partial charge in [0.25, 0.3) is 0 Å². The standard InChI is InChI=1S/C12H14BrN3/c13-11-10-8(12(14)6-1-2-7-12)4-3-5-9(10)15-16-11/h3-5H,1-2,6-7,14H2,(H,15,16).